The highest BCUT2D eigenvalue weighted by atomic mass is 16.2. The van der Waals surface area contributed by atoms with Gasteiger partial charge in [-0.2, -0.15) is 0 Å². The van der Waals surface area contributed by atoms with E-state index < -0.39 is 0 Å². The highest BCUT2D eigenvalue weighted by Crippen LogP contribution is 2.33. The molecule has 0 atom stereocenters. The Balaban J connectivity index is 1.43. The number of piperazine rings is 1. The average molecular weight is 397 g/mol. The number of hydrogen-bond acceptors (Lipinski definition) is 6. The Bertz CT molecular complexity index is 887. The Kier molecular flexibility index (Phi) is 5.63. The zero-order chi connectivity index (χ0) is 20.4. The van der Waals surface area contributed by atoms with Gasteiger partial charge in [0.25, 0.3) is 10.9 Å². The SMILES string of the molecule is CN(C)C1(CNc2c(N3CCN(c4ccccc4)CC3)c(=O)c2=O)CCCCC1. The quantitative estimate of drug-likeness (QED) is 0.756. The van der Waals surface area contributed by atoms with E-state index in [-0.39, 0.29) is 16.4 Å². The summed E-state index contributed by atoms with van der Waals surface area (Å²) in [5.41, 5.74) is 1.74. The maximum absolute atomic E-state index is 12.4. The van der Waals surface area contributed by atoms with Crippen molar-refractivity contribution in [3.05, 3.63) is 50.8 Å². The molecule has 4 rings (SSSR count). The zero-order valence-corrected chi connectivity index (χ0v) is 17.6. The van der Waals surface area contributed by atoms with Crippen LogP contribution in [0.4, 0.5) is 17.1 Å². The first-order valence-electron chi connectivity index (χ1n) is 10.8. The molecule has 0 bridgehead atoms. The number of para-hydroxylation sites is 1. The van der Waals surface area contributed by atoms with Gasteiger partial charge < -0.3 is 20.0 Å². The fourth-order valence-corrected chi connectivity index (χ4v) is 4.92. The zero-order valence-electron chi connectivity index (χ0n) is 17.6. The molecule has 1 saturated carbocycles. The van der Waals surface area contributed by atoms with Crippen LogP contribution < -0.4 is 26.0 Å². The van der Waals surface area contributed by atoms with Gasteiger partial charge >= 0.3 is 0 Å². The normalized spacial score (nSPS) is 19.7. The molecule has 2 aromatic rings. The standard InChI is InChI=1S/C23H32N4O2/c1-25(2)23(11-7-4-8-12-23)17-24-19-20(22(29)21(19)28)27-15-13-26(14-16-27)18-9-5-3-6-10-18/h3,5-6,9-10,24H,4,7-8,11-17H2,1-2H3. The van der Waals surface area contributed by atoms with Gasteiger partial charge in [-0.1, -0.05) is 37.5 Å². The minimum Gasteiger partial charge on any atom is -0.378 e. The van der Waals surface area contributed by atoms with E-state index >= 15 is 0 Å². The van der Waals surface area contributed by atoms with E-state index in [0.29, 0.717) is 11.4 Å². The van der Waals surface area contributed by atoms with Crippen LogP contribution >= 0.6 is 0 Å². The van der Waals surface area contributed by atoms with E-state index in [1.54, 1.807) is 0 Å². The molecule has 2 aliphatic rings. The summed E-state index contributed by atoms with van der Waals surface area (Å²) < 4.78 is 0. The molecule has 29 heavy (non-hydrogen) atoms. The van der Waals surface area contributed by atoms with Gasteiger partial charge in [0.1, 0.15) is 11.4 Å². The number of rotatable bonds is 6. The van der Waals surface area contributed by atoms with Crippen molar-refractivity contribution in [3.8, 4) is 0 Å². The third kappa shape index (κ3) is 3.78. The summed E-state index contributed by atoms with van der Waals surface area (Å²) in [5.74, 6) is 0. The topological polar surface area (TPSA) is 55.9 Å². The summed E-state index contributed by atoms with van der Waals surface area (Å²) in [7, 11) is 4.25. The molecule has 0 spiro atoms. The maximum Gasteiger partial charge on any atom is 0.253 e. The highest BCUT2D eigenvalue weighted by molar-refractivity contribution is 5.75. The Morgan fingerprint density at radius 3 is 2.14 bits per heavy atom. The Hall–Kier alpha value is -2.34. The molecule has 1 aliphatic heterocycles. The van der Waals surface area contributed by atoms with E-state index in [1.165, 1.54) is 24.9 Å². The van der Waals surface area contributed by atoms with Crippen LogP contribution in [-0.4, -0.2) is 57.3 Å². The van der Waals surface area contributed by atoms with Gasteiger partial charge in [-0.3, -0.25) is 9.59 Å². The predicted molar refractivity (Wildman–Crippen MR) is 120 cm³/mol. The molecule has 0 amide bonds. The van der Waals surface area contributed by atoms with Crippen molar-refractivity contribution in [3.63, 3.8) is 0 Å². The van der Waals surface area contributed by atoms with Gasteiger partial charge in [0.05, 0.1) is 0 Å². The number of hydrogen-bond donors (Lipinski definition) is 1. The van der Waals surface area contributed by atoms with Crippen molar-refractivity contribution in [1.82, 2.24) is 4.90 Å². The van der Waals surface area contributed by atoms with E-state index in [0.717, 1.165) is 45.6 Å². The lowest BCUT2D eigenvalue weighted by Gasteiger charge is -2.44. The van der Waals surface area contributed by atoms with Crippen LogP contribution in [0.1, 0.15) is 32.1 Å². The van der Waals surface area contributed by atoms with E-state index in [1.807, 2.05) is 18.2 Å². The number of anilines is 3. The van der Waals surface area contributed by atoms with Crippen molar-refractivity contribution >= 4 is 17.1 Å². The molecule has 1 heterocycles. The summed E-state index contributed by atoms with van der Waals surface area (Å²) in [5, 5.41) is 3.39. The lowest BCUT2D eigenvalue weighted by atomic mass is 9.80. The lowest BCUT2D eigenvalue weighted by Crippen LogP contribution is -2.54. The summed E-state index contributed by atoms with van der Waals surface area (Å²) in [4.78, 5) is 31.4. The molecule has 2 aromatic carbocycles. The van der Waals surface area contributed by atoms with Crippen molar-refractivity contribution in [2.45, 2.75) is 37.6 Å². The van der Waals surface area contributed by atoms with Crippen LogP contribution in [0.5, 0.6) is 0 Å². The monoisotopic (exact) mass is 396 g/mol. The molecule has 1 N–H and O–H groups in total. The van der Waals surface area contributed by atoms with Crippen molar-refractivity contribution in [1.29, 1.82) is 0 Å². The van der Waals surface area contributed by atoms with Gasteiger partial charge in [-0.15, -0.1) is 0 Å². The smallest absolute Gasteiger partial charge is 0.253 e. The van der Waals surface area contributed by atoms with E-state index in [2.05, 4.69) is 46.2 Å². The Morgan fingerprint density at radius 1 is 0.897 bits per heavy atom. The first-order chi connectivity index (χ1) is 14.0. The summed E-state index contributed by atoms with van der Waals surface area (Å²) in [6.07, 6.45) is 5.99. The van der Waals surface area contributed by atoms with Crippen molar-refractivity contribution < 1.29 is 0 Å². The Labute approximate surface area is 172 Å². The fraction of sp³-hybridized carbons (Fsp3) is 0.565. The molecule has 0 aromatic heterocycles. The van der Waals surface area contributed by atoms with Gasteiger partial charge in [-0.25, -0.2) is 0 Å². The van der Waals surface area contributed by atoms with Crippen LogP contribution in [-0.2, 0) is 0 Å². The van der Waals surface area contributed by atoms with Crippen LogP contribution in [0.25, 0.3) is 0 Å². The molecule has 0 radical (unpaired) electrons. The minimum absolute atomic E-state index is 0.0707. The van der Waals surface area contributed by atoms with Gasteiger partial charge in [-0.05, 0) is 39.1 Å². The molecule has 156 valence electrons. The highest BCUT2D eigenvalue weighted by Gasteiger charge is 2.36. The number of likely N-dealkylation sites (N-methyl/N-ethyl adjacent to an activating group) is 1. The fourth-order valence-electron chi connectivity index (χ4n) is 4.92. The largest absolute Gasteiger partial charge is 0.378 e. The molecule has 2 fully saturated rings. The van der Waals surface area contributed by atoms with Gasteiger partial charge in [0, 0.05) is 44.0 Å². The minimum atomic E-state index is -0.352. The molecule has 6 nitrogen and oxygen atoms in total. The average Bonchev–Trinajstić information content (AvgIpc) is 2.77. The lowest BCUT2D eigenvalue weighted by molar-refractivity contribution is 0.113. The van der Waals surface area contributed by atoms with Crippen LogP contribution in [0, 0.1) is 0 Å². The van der Waals surface area contributed by atoms with Crippen molar-refractivity contribution in [2.75, 3.05) is 61.9 Å². The first kappa shape index (κ1) is 20.0. The molecular formula is C23H32N4O2. The summed E-state index contributed by atoms with van der Waals surface area (Å²) in [6, 6.07) is 10.3. The molecule has 6 heteroatoms. The number of benzene rings is 1. The van der Waals surface area contributed by atoms with Gasteiger partial charge in [0.2, 0.25) is 0 Å². The van der Waals surface area contributed by atoms with Crippen LogP contribution in [0.3, 0.4) is 0 Å². The third-order valence-electron chi connectivity index (χ3n) is 6.93. The van der Waals surface area contributed by atoms with E-state index in [4.69, 9.17) is 0 Å². The summed E-state index contributed by atoms with van der Waals surface area (Å²) in [6.45, 7) is 3.94. The molecule has 1 aliphatic carbocycles. The van der Waals surface area contributed by atoms with Crippen LogP contribution in [0.2, 0.25) is 0 Å². The number of nitrogens with one attached hydrogen (secondary N) is 1. The third-order valence-corrected chi connectivity index (χ3v) is 6.93. The second-order valence-electron chi connectivity index (χ2n) is 8.72. The molecule has 0 unspecified atom stereocenters. The van der Waals surface area contributed by atoms with Crippen LogP contribution in [0.15, 0.2) is 39.9 Å². The van der Waals surface area contributed by atoms with Gasteiger partial charge in [0.15, 0.2) is 0 Å². The maximum atomic E-state index is 12.4. The first-order valence-corrected chi connectivity index (χ1v) is 10.8. The predicted octanol–water partition coefficient (Wildman–Crippen LogP) is 2.29. The molecular weight excluding hydrogens is 364 g/mol. The summed E-state index contributed by atoms with van der Waals surface area (Å²) >= 11 is 0. The Morgan fingerprint density at radius 2 is 1.52 bits per heavy atom. The second kappa shape index (κ2) is 8.19. The second-order valence-corrected chi connectivity index (χ2v) is 8.72. The molecule has 1 saturated heterocycles. The van der Waals surface area contributed by atoms with E-state index in [9.17, 15) is 9.59 Å². The van der Waals surface area contributed by atoms with Crippen molar-refractivity contribution in [2.24, 2.45) is 0 Å². The number of nitrogens with zero attached hydrogens (tertiary/aromatic N) is 3.